The number of nitrogens with one attached hydrogen (secondary N) is 2. The van der Waals surface area contributed by atoms with Gasteiger partial charge in [0.05, 0.1) is 22.5 Å². The lowest BCUT2D eigenvalue weighted by atomic mass is 9.74. The molecule has 6 nitrogen and oxygen atoms in total. The molecule has 0 fully saturated rings. The standard InChI is InChI=1S/C29H27N5O/c30-16-8-15-29(19-32-24-14-7-5-12-22(24)29)27-25(17-20-9-2-1-3-10-20)33-28(35)34(27)26-18-31-23-13-6-4-11-21(23)26/h1-7,9-14,18-19,31H,8,15-17,30H2,(H,33,35). The number of imidazole rings is 1. The van der Waals surface area contributed by atoms with Crippen LogP contribution in [0.5, 0.6) is 0 Å². The number of rotatable bonds is 7. The molecule has 6 heteroatoms. The number of benzene rings is 3. The molecule has 0 spiro atoms. The third-order valence-electron chi connectivity index (χ3n) is 7.01. The molecule has 174 valence electrons. The maximum absolute atomic E-state index is 13.7. The molecule has 35 heavy (non-hydrogen) atoms. The van der Waals surface area contributed by atoms with Crippen molar-refractivity contribution in [1.29, 1.82) is 0 Å². The highest BCUT2D eigenvalue weighted by Gasteiger charge is 2.43. The maximum Gasteiger partial charge on any atom is 0.330 e. The van der Waals surface area contributed by atoms with Crippen molar-refractivity contribution in [3.63, 3.8) is 0 Å². The predicted octanol–water partition coefficient (Wildman–Crippen LogP) is 4.98. The highest BCUT2D eigenvalue weighted by molar-refractivity contribution is 5.91. The number of fused-ring (bicyclic) bond motifs is 2. The molecule has 0 radical (unpaired) electrons. The SMILES string of the molecule is NCCCC1(c2c(Cc3ccccc3)[nH]c(=O)n2-c2c[nH]c3ccccc23)C=Nc2ccccc21. The second-order valence-electron chi connectivity index (χ2n) is 9.11. The van der Waals surface area contributed by atoms with Gasteiger partial charge < -0.3 is 15.7 Å². The first kappa shape index (κ1) is 21.4. The van der Waals surface area contributed by atoms with Crippen molar-refractivity contribution < 1.29 is 0 Å². The van der Waals surface area contributed by atoms with Gasteiger partial charge >= 0.3 is 5.69 Å². The van der Waals surface area contributed by atoms with Gasteiger partial charge in [0, 0.05) is 35.4 Å². The lowest BCUT2D eigenvalue weighted by Gasteiger charge is -2.30. The number of aliphatic imine (C=N–C) groups is 1. The Morgan fingerprint density at radius 2 is 1.71 bits per heavy atom. The van der Waals surface area contributed by atoms with E-state index >= 15 is 0 Å². The van der Waals surface area contributed by atoms with Gasteiger partial charge in [0.2, 0.25) is 0 Å². The molecule has 4 N–H and O–H groups in total. The minimum atomic E-state index is -0.572. The van der Waals surface area contributed by atoms with E-state index in [1.807, 2.05) is 77.6 Å². The van der Waals surface area contributed by atoms with Gasteiger partial charge in [0.15, 0.2) is 0 Å². The summed E-state index contributed by atoms with van der Waals surface area (Å²) in [6, 6.07) is 26.5. The first-order valence-corrected chi connectivity index (χ1v) is 12.0. The van der Waals surface area contributed by atoms with Gasteiger partial charge in [0.1, 0.15) is 0 Å². The first-order valence-electron chi connectivity index (χ1n) is 12.0. The number of hydrogen-bond donors (Lipinski definition) is 3. The van der Waals surface area contributed by atoms with Gasteiger partial charge in [-0.2, -0.15) is 0 Å². The quantitative estimate of drug-likeness (QED) is 0.319. The number of aromatic nitrogens is 3. The fraction of sp³-hybridized carbons (Fsp3) is 0.172. The minimum absolute atomic E-state index is 0.152. The van der Waals surface area contributed by atoms with Crippen molar-refractivity contribution in [2.45, 2.75) is 24.7 Å². The fourth-order valence-corrected chi connectivity index (χ4v) is 5.45. The van der Waals surface area contributed by atoms with Crippen LogP contribution in [0.2, 0.25) is 0 Å². The Morgan fingerprint density at radius 3 is 2.57 bits per heavy atom. The zero-order valence-corrected chi connectivity index (χ0v) is 19.4. The van der Waals surface area contributed by atoms with Crippen LogP contribution in [-0.2, 0) is 11.8 Å². The normalized spacial score (nSPS) is 16.7. The van der Waals surface area contributed by atoms with Crippen molar-refractivity contribution in [1.82, 2.24) is 14.5 Å². The molecule has 1 aliphatic heterocycles. The number of nitrogens with zero attached hydrogens (tertiary/aromatic N) is 2. The zero-order valence-electron chi connectivity index (χ0n) is 19.4. The molecular weight excluding hydrogens is 434 g/mol. The van der Waals surface area contributed by atoms with E-state index in [0.29, 0.717) is 13.0 Å². The average molecular weight is 462 g/mol. The Bertz CT molecular complexity index is 1590. The van der Waals surface area contributed by atoms with Crippen molar-refractivity contribution in [2.75, 3.05) is 6.54 Å². The summed E-state index contributed by atoms with van der Waals surface area (Å²) >= 11 is 0. The summed E-state index contributed by atoms with van der Waals surface area (Å²) in [6.45, 7) is 0.563. The van der Waals surface area contributed by atoms with E-state index in [1.54, 1.807) is 0 Å². The Kier molecular flexibility index (Phi) is 5.23. The number of para-hydroxylation sites is 2. The van der Waals surface area contributed by atoms with Crippen LogP contribution in [0.15, 0.2) is 94.8 Å². The molecule has 6 rings (SSSR count). The van der Waals surface area contributed by atoms with E-state index in [9.17, 15) is 4.79 Å². The van der Waals surface area contributed by atoms with E-state index in [0.717, 1.165) is 57.6 Å². The summed E-state index contributed by atoms with van der Waals surface area (Å²) < 4.78 is 1.85. The minimum Gasteiger partial charge on any atom is -0.359 e. The topological polar surface area (TPSA) is 92.0 Å². The highest BCUT2D eigenvalue weighted by Crippen LogP contribution is 2.46. The number of aromatic amines is 2. The van der Waals surface area contributed by atoms with Gasteiger partial charge in [-0.05, 0) is 42.6 Å². The van der Waals surface area contributed by atoms with Crippen molar-refractivity contribution in [3.8, 4) is 5.69 Å². The van der Waals surface area contributed by atoms with E-state index in [1.165, 1.54) is 0 Å². The summed E-state index contributed by atoms with van der Waals surface area (Å²) in [5, 5.41) is 0.998. The van der Waals surface area contributed by atoms with Crippen molar-refractivity contribution in [2.24, 2.45) is 10.7 Å². The van der Waals surface area contributed by atoms with Crippen LogP contribution in [0.3, 0.4) is 0 Å². The smallest absolute Gasteiger partial charge is 0.330 e. The van der Waals surface area contributed by atoms with Gasteiger partial charge in [-0.25, -0.2) is 4.79 Å². The third kappa shape index (κ3) is 3.45. The summed E-state index contributed by atoms with van der Waals surface area (Å²) in [4.78, 5) is 25.1. The third-order valence-corrected chi connectivity index (χ3v) is 7.01. The molecule has 1 atom stereocenters. The van der Waals surface area contributed by atoms with Crippen molar-refractivity contribution in [3.05, 3.63) is 118 Å². The number of hydrogen-bond acceptors (Lipinski definition) is 3. The van der Waals surface area contributed by atoms with Crippen LogP contribution in [0.25, 0.3) is 16.6 Å². The molecule has 1 unspecified atom stereocenters. The molecular formula is C29H27N5O. The van der Waals surface area contributed by atoms with Crippen LogP contribution in [-0.4, -0.2) is 27.3 Å². The molecule has 0 bridgehead atoms. The molecule has 1 aliphatic rings. The predicted molar refractivity (Wildman–Crippen MR) is 141 cm³/mol. The first-order chi connectivity index (χ1) is 17.2. The molecule has 5 aromatic rings. The van der Waals surface area contributed by atoms with Gasteiger partial charge in [-0.15, -0.1) is 0 Å². The van der Waals surface area contributed by atoms with Crippen LogP contribution >= 0.6 is 0 Å². The lowest BCUT2D eigenvalue weighted by Crippen LogP contribution is -2.34. The molecule has 0 amide bonds. The fourth-order valence-electron chi connectivity index (χ4n) is 5.45. The molecule has 0 saturated heterocycles. The highest BCUT2D eigenvalue weighted by atomic mass is 16.1. The monoisotopic (exact) mass is 461 g/mol. The Labute approximate surface area is 203 Å². The van der Waals surface area contributed by atoms with E-state index in [4.69, 9.17) is 10.7 Å². The van der Waals surface area contributed by atoms with Crippen LogP contribution < -0.4 is 11.4 Å². The number of H-pyrrole nitrogens is 2. The molecule has 0 saturated carbocycles. The van der Waals surface area contributed by atoms with Crippen LogP contribution in [0, 0.1) is 0 Å². The molecule has 2 aromatic heterocycles. The van der Waals surface area contributed by atoms with Gasteiger partial charge in [0.25, 0.3) is 0 Å². The Hall–Kier alpha value is -4.16. The average Bonchev–Trinajstić information content (AvgIpc) is 3.57. The summed E-state index contributed by atoms with van der Waals surface area (Å²) in [6.07, 6.45) is 6.12. The Balaban J connectivity index is 1.66. The second-order valence-corrected chi connectivity index (χ2v) is 9.11. The largest absolute Gasteiger partial charge is 0.359 e. The maximum atomic E-state index is 13.7. The number of nitrogens with two attached hydrogens (primary N) is 1. The zero-order chi connectivity index (χ0) is 23.8. The summed E-state index contributed by atoms with van der Waals surface area (Å²) in [5.41, 5.74) is 12.1. The summed E-state index contributed by atoms with van der Waals surface area (Å²) in [7, 11) is 0. The molecule has 0 aliphatic carbocycles. The van der Waals surface area contributed by atoms with E-state index in [-0.39, 0.29) is 5.69 Å². The second kappa shape index (κ2) is 8.56. The molecule has 3 heterocycles. The van der Waals surface area contributed by atoms with Gasteiger partial charge in [-0.3, -0.25) is 9.56 Å². The van der Waals surface area contributed by atoms with Gasteiger partial charge in [-0.1, -0.05) is 66.7 Å². The van der Waals surface area contributed by atoms with Crippen LogP contribution in [0.1, 0.15) is 35.4 Å². The van der Waals surface area contributed by atoms with Crippen molar-refractivity contribution >= 4 is 22.8 Å². The van der Waals surface area contributed by atoms with Crippen LogP contribution in [0.4, 0.5) is 5.69 Å². The summed E-state index contributed by atoms with van der Waals surface area (Å²) in [5.74, 6) is 0. The van der Waals surface area contributed by atoms with E-state index < -0.39 is 5.41 Å². The Morgan fingerprint density at radius 1 is 0.943 bits per heavy atom. The molecule has 3 aromatic carbocycles. The van der Waals surface area contributed by atoms with E-state index in [2.05, 4.69) is 28.2 Å². The lowest BCUT2D eigenvalue weighted by molar-refractivity contribution is 0.574.